The minimum atomic E-state index is 0.274. The highest BCUT2D eigenvalue weighted by Crippen LogP contribution is 2.26. The molecule has 5 heteroatoms. The zero-order valence-corrected chi connectivity index (χ0v) is 8.83. The number of nitrogens with zero attached hydrogens (tertiary/aromatic N) is 2. The topological polar surface area (TPSA) is 58.0 Å². The molecule has 0 aliphatic heterocycles. The van der Waals surface area contributed by atoms with E-state index < -0.39 is 0 Å². The van der Waals surface area contributed by atoms with Crippen molar-refractivity contribution in [3.05, 3.63) is 6.33 Å². The van der Waals surface area contributed by atoms with Crippen molar-refractivity contribution in [2.24, 2.45) is 5.92 Å². The fourth-order valence-corrected chi connectivity index (χ4v) is 2.50. The van der Waals surface area contributed by atoms with Crippen molar-refractivity contribution in [2.75, 3.05) is 11.9 Å². The summed E-state index contributed by atoms with van der Waals surface area (Å²) in [5, 5.41) is 13.4. The summed E-state index contributed by atoms with van der Waals surface area (Å²) >= 11 is 1.38. The highest BCUT2D eigenvalue weighted by atomic mass is 32.1. The summed E-state index contributed by atoms with van der Waals surface area (Å²) in [5.41, 5.74) is 0. The molecule has 0 bridgehead atoms. The molecule has 14 heavy (non-hydrogen) atoms. The molecule has 0 amide bonds. The van der Waals surface area contributed by atoms with Crippen LogP contribution in [0.5, 0.6) is 0 Å². The Labute approximate surface area is 87.5 Å². The van der Waals surface area contributed by atoms with Gasteiger partial charge in [-0.3, -0.25) is 0 Å². The minimum Gasteiger partial charge on any atom is -0.396 e. The molecule has 1 saturated carbocycles. The van der Waals surface area contributed by atoms with E-state index in [1.54, 1.807) is 6.33 Å². The van der Waals surface area contributed by atoms with Crippen molar-refractivity contribution in [1.82, 2.24) is 9.36 Å². The molecule has 0 saturated heterocycles. The third-order valence-electron chi connectivity index (χ3n) is 2.81. The number of anilines is 1. The van der Waals surface area contributed by atoms with Crippen molar-refractivity contribution in [3.8, 4) is 0 Å². The molecular formula is C9H15N3OS. The summed E-state index contributed by atoms with van der Waals surface area (Å²) in [6.45, 7) is 0.274. The molecule has 0 radical (unpaired) electrons. The average Bonchev–Trinajstić information content (AvgIpc) is 2.71. The molecule has 2 N–H and O–H groups in total. The normalized spacial score (nSPS) is 27.5. The SMILES string of the molecule is OCC1CCCCC1Nc1ncns1. The summed E-state index contributed by atoms with van der Waals surface area (Å²) in [7, 11) is 0. The molecule has 4 nitrogen and oxygen atoms in total. The van der Waals surface area contributed by atoms with E-state index in [0.29, 0.717) is 12.0 Å². The highest BCUT2D eigenvalue weighted by Gasteiger charge is 2.24. The fraction of sp³-hybridized carbons (Fsp3) is 0.778. The molecule has 1 fully saturated rings. The van der Waals surface area contributed by atoms with Gasteiger partial charge < -0.3 is 10.4 Å². The Morgan fingerprint density at radius 2 is 2.36 bits per heavy atom. The van der Waals surface area contributed by atoms with Crippen LogP contribution in [0.25, 0.3) is 0 Å². The second-order valence-electron chi connectivity index (χ2n) is 3.72. The zero-order valence-electron chi connectivity index (χ0n) is 8.02. The molecule has 1 aliphatic carbocycles. The van der Waals surface area contributed by atoms with Crippen LogP contribution in [-0.4, -0.2) is 27.1 Å². The van der Waals surface area contributed by atoms with Gasteiger partial charge in [0.2, 0.25) is 5.13 Å². The van der Waals surface area contributed by atoms with E-state index in [2.05, 4.69) is 14.7 Å². The van der Waals surface area contributed by atoms with Crippen LogP contribution in [-0.2, 0) is 0 Å². The predicted molar refractivity (Wildman–Crippen MR) is 56.4 cm³/mol. The van der Waals surface area contributed by atoms with Crippen molar-refractivity contribution in [3.63, 3.8) is 0 Å². The Hall–Kier alpha value is -0.680. The molecule has 2 rings (SSSR count). The van der Waals surface area contributed by atoms with Gasteiger partial charge in [0.05, 0.1) is 0 Å². The van der Waals surface area contributed by atoms with Gasteiger partial charge in [0, 0.05) is 30.1 Å². The van der Waals surface area contributed by atoms with E-state index in [1.807, 2.05) is 0 Å². The molecule has 2 unspecified atom stereocenters. The molecule has 2 atom stereocenters. The summed E-state index contributed by atoms with van der Waals surface area (Å²) < 4.78 is 3.94. The fourth-order valence-electron chi connectivity index (χ4n) is 2.01. The van der Waals surface area contributed by atoms with Crippen LogP contribution in [0.2, 0.25) is 0 Å². The van der Waals surface area contributed by atoms with Gasteiger partial charge in [0.25, 0.3) is 0 Å². The third-order valence-corrected chi connectivity index (χ3v) is 3.41. The first-order valence-corrected chi connectivity index (χ1v) is 5.81. The summed E-state index contributed by atoms with van der Waals surface area (Å²) in [4.78, 5) is 4.09. The monoisotopic (exact) mass is 213 g/mol. The Morgan fingerprint density at radius 1 is 1.50 bits per heavy atom. The van der Waals surface area contributed by atoms with Gasteiger partial charge in [-0.25, -0.2) is 4.98 Å². The van der Waals surface area contributed by atoms with Crippen LogP contribution >= 0.6 is 11.5 Å². The number of aliphatic hydroxyl groups is 1. The second-order valence-corrected chi connectivity index (χ2v) is 4.50. The lowest BCUT2D eigenvalue weighted by atomic mass is 9.85. The number of aliphatic hydroxyl groups excluding tert-OH is 1. The van der Waals surface area contributed by atoms with Gasteiger partial charge >= 0.3 is 0 Å². The van der Waals surface area contributed by atoms with Crippen molar-refractivity contribution >= 4 is 16.7 Å². The van der Waals surface area contributed by atoms with E-state index in [4.69, 9.17) is 0 Å². The van der Waals surface area contributed by atoms with Crippen LogP contribution in [0.4, 0.5) is 5.13 Å². The van der Waals surface area contributed by atoms with Gasteiger partial charge in [-0.15, -0.1) is 0 Å². The van der Waals surface area contributed by atoms with Crippen molar-refractivity contribution < 1.29 is 5.11 Å². The lowest BCUT2D eigenvalue weighted by Gasteiger charge is -2.30. The highest BCUT2D eigenvalue weighted by molar-refractivity contribution is 7.09. The molecule has 0 aromatic carbocycles. The molecular weight excluding hydrogens is 198 g/mol. The van der Waals surface area contributed by atoms with Gasteiger partial charge in [-0.05, 0) is 12.8 Å². The maximum absolute atomic E-state index is 9.22. The van der Waals surface area contributed by atoms with Gasteiger partial charge in [-0.2, -0.15) is 4.37 Å². The molecule has 1 aromatic rings. The first-order valence-electron chi connectivity index (χ1n) is 5.04. The molecule has 0 spiro atoms. The quantitative estimate of drug-likeness (QED) is 0.799. The van der Waals surface area contributed by atoms with E-state index in [-0.39, 0.29) is 6.61 Å². The van der Waals surface area contributed by atoms with Crippen LogP contribution in [0.1, 0.15) is 25.7 Å². The van der Waals surface area contributed by atoms with Crippen molar-refractivity contribution in [2.45, 2.75) is 31.7 Å². The van der Waals surface area contributed by atoms with E-state index in [0.717, 1.165) is 18.0 Å². The number of aromatic nitrogens is 2. The van der Waals surface area contributed by atoms with E-state index in [9.17, 15) is 5.11 Å². The maximum atomic E-state index is 9.22. The van der Waals surface area contributed by atoms with E-state index >= 15 is 0 Å². The largest absolute Gasteiger partial charge is 0.396 e. The van der Waals surface area contributed by atoms with Crippen LogP contribution < -0.4 is 5.32 Å². The first-order chi connectivity index (χ1) is 6.90. The van der Waals surface area contributed by atoms with Crippen LogP contribution in [0.15, 0.2) is 6.33 Å². The molecule has 1 aliphatic rings. The van der Waals surface area contributed by atoms with Crippen molar-refractivity contribution in [1.29, 1.82) is 0 Å². The predicted octanol–water partition coefficient (Wildman–Crippen LogP) is 1.50. The Morgan fingerprint density at radius 3 is 3.07 bits per heavy atom. The molecule has 78 valence electrons. The van der Waals surface area contributed by atoms with Gasteiger partial charge in [0.15, 0.2) is 0 Å². The summed E-state index contributed by atoms with van der Waals surface area (Å²) in [6, 6.07) is 0.377. The lowest BCUT2D eigenvalue weighted by molar-refractivity contribution is 0.178. The second kappa shape index (κ2) is 4.70. The molecule has 1 aromatic heterocycles. The third kappa shape index (κ3) is 2.22. The number of hydrogen-bond acceptors (Lipinski definition) is 5. The van der Waals surface area contributed by atoms with Crippen LogP contribution in [0.3, 0.4) is 0 Å². The van der Waals surface area contributed by atoms with Crippen LogP contribution in [0, 0.1) is 5.92 Å². The lowest BCUT2D eigenvalue weighted by Crippen LogP contribution is -2.34. The minimum absolute atomic E-state index is 0.274. The summed E-state index contributed by atoms with van der Waals surface area (Å²) in [6.07, 6.45) is 6.29. The Kier molecular flexibility index (Phi) is 3.31. The summed E-state index contributed by atoms with van der Waals surface area (Å²) in [5.74, 6) is 0.382. The number of nitrogens with one attached hydrogen (secondary N) is 1. The Balaban J connectivity index is 1.94. The first kappa shape index (κ1) is 9.86. The van der Waals surface area contributed by atoms with Gasteiger partial charge in [-0.1, -0.05) is 12.8 Å². The standard InChI is InChI=1S/C9H15N3OS/c13-5-7-3-1-2-4-8(7)12-9-10-6-11-14-9/h6-8,13H,1-5H2,(H,10,11,12). The van der Waals surface area contributed by atoms with Gasteiger partial charge in [0.1, 0.15) is 6.33 Å². The number of hydrogen-bond donors (Lipinski definition) is 2. The van der Waals surface area contributed by atoms with E-state index in [1.165, 1.54) is 24.4 Å². The smallest absolute Gasteiger partial charge is 0.202 e. The molecule has 1 heterocycles. The Bertz CT molecular complexity index is 265. The number of rotatable bonds is 3. The average molecular weight is 213 g/mol. The zero-order chi connectivity index (χ0) is 9.80. The maximum Gasteiger partial charge on any atom is 0.202 e.